The van der Waals surface area contributed by atoms with Gasteiger partial charge in [-0.1, -0.05) is 11.8 Å². The topological polar surface area (TPSA) is 68.0 Å². The van der Waals surface area contributed by atoms with Gasteiger partial charge in [0.05, 0.1) is 6.54 Å². The van der Waals surface area contributed by atoms with Gasteiger partial charge < -0.3 is 11.1 Å². The molecule has 0 aliphatic heterocycles. The van der Waals surface area contributed by atoms with Crippen molar-refractivity contribution in [2.45, 2.75) is 0 Å². The third-order valence-electron chi connectivity index (χ3n) is 2.45. The van der Waals surface area contributed by atoms with Crippen molar-refractivity contribution in [1.82, 2.24) is 4.98 Å². The average molecular weight is 287 g/mol. The number of pyridine rings is 1. The summed E-state index contributed by atoms with van der Waals surface area (Å²) >= 11 is 0. The van der Waals surface area contributed by atoms with Crippen molar-refractivity contribution >= 4 is 11.6 Å². The van der Waals surface area contributed by atoms with Gasteiger partial charge in [0.1, 0.15) is 17.3 Å². The van der Waals surface area contributed by atoms with Crippen LogP contribution in [0.2, 0.25) is 0 Å². The zero-order chi connectivity index (χ0) is 15.2. The maximum atomic E-state index is 13.0. The Balaban J connectivity index is 2.13. The van der Waals surface area contributed by atoms with E-state index in [4.69, 9.17) is 5.73 Å². The Morgan fingerprint density at radius 3 is 2.52 bits per heavy atom. The number of hydrogen-bond acceptors (Lipinski definition) is 3. The molecule has 4 nitrogen and oxygen atoms in total. The Kier molecular flexibility index (Phi) is 4.59. The number of carbonyl (C=O) groups excluding carboxylic acids is 1. The number of anilines is 1. The fourth-order valence-electron chi connectivity index (χ4n) is 1.58. The number of nitrogens with two attached hydrogens (primary N) is 1. The lowest BCUT2D eigenvalue weighted by Gasteiger charge is -2.05. The molecule has 21 heavy (non-hydrogen) atoms. The second-order valence-corrected chi connectivity index (χ2v) is 4.05. The third kappa shape index (κ3) is 4.09. The molecule has 0 aliphatic rings. The minimum atomic E-state index is -0.773. The van der Waals surface area contributed by atoms with Crippen molar-refractivity contribution in [3.63, 3.8) is 0 Å². The van der Waals surface area contributed by atoms with E-state index in [1.165, 1.54) is 12.3 Å². The molecule has 106 valence electrons. The molecule has 0 unspecified atom stereocenters. The van der Waals surface area contributed by atoms with Gasteiger partial charge >= 0.3 is 0 Å². The molecule has 0 bridgehead atoms. The molecule has 0 aliphatic carbocycles. The van der Waals surface area contributed by atoms with Crippen LogP contribution in [0.3, 0.4) is 0 Å². The zero-order valence-corrected chi connectivity index (χ0v) is 10.9. The molecule has 0 atom stereocenters. The van der Waals surface area contributed by atoms with Crippen LogP contribution in [-0.2, 0) is 0 Å². The van der Waals surface area contributed by atoms with Gasteiger partial charge in [0, 0.05) is 23.5 Å². The largest absolute Gasteiger partial charge is 0.320 e. The average Bonchev–Trinajstić information content (AvgIpc) is 2.44. The summed E-state index contributed by atoms with van der Waals surface area (Å²) in [5, 5.41) is 2.37. The van der Waals surface area contributed by atoms with E-state index in [9.17, 15) is 13.6 Å². The van der Waals surface area contributed by atoms with Crippen molar-refractivity contribution in [3.05, 3.63) is 59.4 Å². The van der Waals surface area contributed by atoms with Crippen LogP contribution in [0, 0.1) is 23.5 Å². The van der Waals surface area contributed by atoms with Crippen LogP contribution in [0.15, 0.2) is 36.5 Å². The number of aromatic nitrogens is 1. The molecule has 2 rings (SSSR count). The Bertz CT molecular complexity index is 698. The van der Waals surface area contributed by atoms with E-state index in [-0.39, 0.29) is 17.9 Å². The molecule has 0 spiro atoms. The highest BCUT2D eigenvalue weighted by Crippen LogP contribution is 2.13. The molecular weight excluding hydrogens is 276 g/mol. The molecule has 1 heterocycles. The lowest BCUT2D eigenvalue weighted by molar-refractivity contribution is 0.102. The Hall–Kier alpha value is -2.78. The van der Waals surface area contributed by atoms with Crippen molar-refractivity contribution in [2.75, 3.05) is 11.9 Å². The molecule has 0 saturated carbocycles. The monoisotopic (exact) mass is 287 g/mol. The zero-order valence-electron chi connectivity index (χ0n) is 10.9. The predicted octanol–water partition coefficient (Wildman–Crippen LogP) is 1.92. The van der Waals surface area contributed by atoms with Gasteiger partial charge in [0.15, 0.2) is 0 Å². The van der Waals surface area contributed by atoms with Crippen molar-refractivity contribution in [1.29, 1.82) is 0 Å². The number of nitrogens with zero attached hydrogens (tertiary/aromatic N) is 1. The number of amides is 1. The fraction of sp³-hybridized carbons (Fsp3) is 0.0667. The first-order chi connectivity index (χ1) is 10.1. The van der Waals surface area contributed by atoms with Gasteiger partial charge in [-0.3, -0.25) is 4.79 Å². The van der Waals surface area contributed by atoms with Gasteiger partial charge in [0.2, 0.25) is 0 Å². The fourth-order valence-corrected chi connectivity index (χ4v) is 1.58. The summed E-state index contributed by atoms with van der Waals surface area (Å²) in [6, 6.07) is 5.82. The van der Waals surface area contributed by atoms with Gasteiger partial charge in [-0.05, 0) is 24.3 Å². The first-order valence-corrected chi connectivity index (χ1v) is 6.01. The normalized spacial score (nSPS) is 9.67. The Morgan fingerprint density at radius 2 is 1.95 bits per heavy atom. The van der Waals surface area contributed by atoms with E-state index in [0.717, 1.165) is 18.2 Å². The summed E-state index contributed by atoms with van der Waals surface area (Å²) in [6.07, 6.45) is 1.42. The number of hydrogen-bond donors (Lipinski definition) is 2. The van der Waals surface area contributed by atoms with E-state index in [1.807, 2.05) is 0 Å². The highest BCUT2D eigenvalue weighted by Gasteiger charge is 2.09. The highest BCUT2D eigenvalue weighted by atomic mass is 19.1. The molecule has 1 aromatic heterocycles. The standard InChI is InChI=1S/C15H11F2N3O/c16-11-6-12(17)8-13(7-11)20-15(21)14-4-3-10(9-19-14)2-1-5-18/h3-4,6-9H,5,18H2,(H,20,21). The summed E-state index contributed by atoms with van der Waals surface area (Å²) < 4.78 is 26.0. The lowest BCUT2D eigenvalue weighted by Crippen LogP contribution is -2.13. The Labute approximate surface area is 120 Å². The van der Waals surface area contributed by atoms with Crippen molar-refractivity contribution in [3.8, 4) is 11.8 Å². The van der Waals surface area contributed by atoms with E-state index in [2.05, 4.69) is 22.1 Å². The lowest BCUT2D eigenvalue weighted by atomic mass is 10.2. The molecule has 3 N–H and O–H groups in total. The van der Waals surface area contributed by atoms with Gasteiger partial charge in [-0.2, -0.15) is 0 Å². The minimum Gasteiger partial charge on any atom is -0.320 e. The predicted molar refractivity (Wildman–Crippen MR) is 74.5 cm³/mol. The van der Waals surface area contributed by atoms with E-state index < -0.39 is 17.5 Å². The van der Waals surface area contributed by atoms with Gasteiger partial charge in [0.25, 0.3) is 5.91 Å². The number of rotatable bonds is 2. The molecular formula is C15H11F2N3O. The smallest absolute Gasteiger partial charge is 0.274 e. The first kappa shape index (κ1) is 14.6. The van der Waals surface area contributed by atoms with E-state index in [0.29, 0.717) is 5.56 Å². The molecule has 2 aromatic rings. The minimum absolute atomic E-state index is 0.0197. The molecule has 0 radical (unpaired) electrons. The Morgan fingerprint density at radius 1 is 1.24 bits per heavy atom. The van der Waals surface area contributed by atoms with Crippen LogP contribution in [0.5, 0.6) is 0 Å². The maximum Gasteiger partial charge on any atom is 0.274 e. The number of halogens is 2. The summed E-state index contributed by atoms with van der Waals surface area (Å²) in [5.74, 6) is 3.31. The van der Waals surface area contributed by atoms with Crippen molar-refractivity contribution < 1.29 is 13.6 Å². The van der Waals surface area contributed by atoms with E-state index >= 15 is 0 Å². The third-order valence-corrected chi connectivity index (χ3v) is 2.45. The molecule has 0 fully saturated rings. The van der Waals surface area contributed by atoms with Gasteiger partial charge in [-0.25, -0.2) is 13.8 Å². The molecule has 1 aromatic carbocycles. The maximum absolute atomic E-state index is 13.0. The second-order valence-electron chi connectivity index (χ2n) is 4.05. The summed E-state index contributed by atoms with van der Waals surface area (Å²) in [5.41, 5.74) is 5.99. The van der Waals surface area contributed by atoms with Crippen LogP contribution in [-0.4, -0.2) is 17.4 Å². The van der Waals surface area contributed by atoms with Crippen LogP contribution in [0.4, 0.5) is 14.5 Å². The van der Waals surface area contributed by atoms with Crippen LogP contribution in [0.25, 0.3) is 0 Å². The second kappa shape index (κ2) is 6.59. The number of carbonyl (C=O) groups is 1. The van der Waals surface area contributed by atoms with Crippen molar-refractivity contribution in [2.24, 2.45) is 5.73 Å². The quantitative estimate of drug-likeness (QED) is 0.829. The van der Waals surface area contributed by atoms with Crippen LogP contribution >= 0.6 is 0 Å². The number of nitrogens with one attached hydrogen (secondary N) is 1. The summed E-state index contributed by atoms with van der Waals surface area (Å²) in [6.45, 7) is 0.230. The highest BCUT2D eigenvalue weighted by molar-refractivity contribution is 6.02. The van der Waals surface area contributed by atoms with Gasteiger partial charge in [-0.15, -0.1) is 0 Å². The SMILES string of the molecule is NCC#Cc1ccc(C(=O)Nc2cc(F)cc(F)c2)nc1. The molecule has 1 amide bonds. The van der Waals surface area contributed by atoms with Crippen LogP contribution < -0.4 is 11.1 Å². The summed E-state index contributed by atoms with van der Waals surface area (Å²) in [7, 11) is 0. The number of benzene rings is 1. The molecule has 0 saturated heterocycles. The van der Waals surface area contributed by atoms with E-state index in [1.54, 1.807) is 6.07 Å². The first-order valence-electron chi connectivity index (χ1n) is 6.01. The van der Waals surface area contributed by atoms with Crippen LogP contribution in [0.1, 0.15) is 16.1 Å². The summed E-state index contributed by atoms with van der Waals surface area (Å²) in [4.78, 5) is 15.8. The molecule has 6 heteroatoms.